The van der Waals surface area contributed by atoms with Gasteiger partial charge in [0.05, 0.1) is 21.3 Å². The van der Waals surface area contributed by atoms with Gasteiger partial charge in [-0.25, -0.2) is 4.79 Å². The molecule has 5 nitrogen and oxygen atoms in total. The highest BCUT2D eigenvalue weighted by atomic mass is 35.5. The van der Waals surface area contributed by atoms with Gasteiger partial charge in [-0.05, 0) is 18.2 Å². The van der Waals surface area contributed by atoms with Gasteiger partial charge in [0.25, 0.3) is 5.91 Å². The summed E-state index contributed by atoms with van der Waals surface area (Å²) in [5.41, 5.74) is -0.239. The highest BCUT2D eigenvalue weighted by Crippen LogP contribution is 2.31. The number of anilines is 1. The van der Waals surface area contributed by atoms with E-state index < -0.39 is 11.9 Å². The number of carboxylic acid groups (broad SMARTS) is 1. The molecule has 0 fully saturated rings. The monoisotopic (exact) mass is 366 g/mol. The Labute approximate surface area is 138 Å². The normalized spacial score (nSPS) is 10.5. The van der Waals surface area contributed by atoms with E-state index in [1.54, 1.807) is 0 Å². The van der Waals surface area contributed by atoms with Crippen LogP contribution in [0.3, 0.4) is 0 Å². The number of aromatic nitrogens is 1. The van der Waals surface area contributed by atoms with E-state index >= 15 is 0 Å². The van der Waals surface area contributed by atoms with Gasteiger partial charge in [0.1, 0.15) is 10.8 Å². The summed E-state index contributed by atoms with van der Waals surface area (Å²) in [7, 11) is 0. The van der Waals surface area contributed by atoms with Gasteiger partial charge in [-0.1, -0.05) is 46.4 Å². The number of aromatic amines is 1. The van der Waals surface area contributed by atoms with Crippen molar-refractivity contribution in [1.82, 2.24) is 4.98 Å². The van der Waals surface area contributed by atoms with Crippen molar-refractivity contribution in [1.29, 1.82) is 0 Å². The lowest BCUT2D eigenvalue weighted by molar-refractivity contribution is 0.0698. The Morgan fingerprint density at radius 1 is 1.05 bits per heavy atom. The maximum atomic E-state index is 12.0. The third-order valence-electron chi connectivity index (χ3n) is 2.49. The molecule has 0 atom stereocenters. The highest BCUT2D eigenvalue weighted by molar-refractivity contribution is 6.42. The highest BCUT2D eigenvalue weighted by Gasteiger charge is 2.19. The number of halogens is 4. The summed E-state index contributed by atoms with van der Waals surface area (Å²) in [6.45, 7) is 0. The molecule has 3 N–H and O–H groups in total. The number of aromatic carboxylic acids is 1. The van der Waals surface area contributed by atoms with Crippen LogP contribution in [0.5, 0.6) is 0 Å². The van der Waals surface area contributed by atoms with Gasteiger partial charge in [0.2, 0.25) is 0 Å². The van der Waals surface area contributed by atoms with Gasteiger partial charge in [-0.15, -0.1) is 0 Å². The molecule has 0 saturated heterocycles. The molecule has 0 aliphatic rings. The molecule has 2 rings (SSSR count). The zero-order valence-electron chi connectivity index (χ0n) is 10.0. The molecule has 1 aromatic carbocycles. The molecule has 110 valence electrons. The fraction of sp³-hybridized carbons (Fsp3) is 0. The van der Waals surface area contributed by atoms with E-state index in [9.17, 15) is 9.59 Å². The van der Waals surface area contributed by atoms with Crippen LogP contribution < -0.4 is 5.32 Å². The van der Waals surface area contributed by atoms with E-state index in [4.69, 9.17) is 51.5 Å². The largest absolute Gasteiger partial charge is 0.478 e. The van der Waals surface area contributed by atoms with E-state index in [2.05, 4.69) is 10.3 Å². The summed E-state index contributed by atoms with van der Waals surface area (Å²) in [6.07, 6.45) is 0. The Hall–Kier alpha value is -1.40. The van der Waals surface area contributed by atoms with Gasteiger partial charge in [0, 0.05) is 5.02 Å². The topological polar surface area (TPSA) is 82.2 Å². The van der Waals surface area contributed by atoms with Crippen LogP contribution in [-0.4, -0.2) is 22.0 Å². The van der Waals surface area contributed by atoms with Crippen LogP contribution in [0.1, 0.15) is 20.8 Å². The Kier molecular flexibility index (Phi) is 4.68. The fourth-order valence-corrected chi connectivity index (χ4v) is 2.43. The summed E-state index contributed by atoms with van der Waals surface area (Å²) in [5, 5.41) is 11.9. The van der Waals surface area contributed by atoms with Crippen molar-refractivity contribution in [2.24, 2.45) is 0 Å². The molecule has 0 aliphatic heterocycles. The Morgan fingerprint density at radius 2 is 1.71 bits per heavy atom. The van der Waals surface area contributed by atoms with Gasteiger partial charge in [0.15, 0.2) is 0 Å². The van der Waals surface area contributed by atoms with Crippen molar-refractivity contribution < 1.29 is 14.7 Å². The Balaban J connectivity index is 2.39. The Bertz CT molecular complexity index is 723. The number of benzene rings is 1. The zero-order valence-corrected chi connectivity index (χ0v) is 13.0. The number of amides is 1. The summed E-state index contributed by atoms with van der Waals surface area (Å²) >= 11 is 23.1. The number of hydrogen-bond donors (Lipinski definition) is 3. The number of carboxylic acids is 1. The fourth-order valence-electron chi connectivity index (χ4n) is 1.58. The maximum Gasteiger partial charge on any atom is 0.337 e. The van der Waals surface area contributed by atoms with Crippen molar-refractivity contribution in [3.63, 3.8) is 0 Å². The molecule has 1 amide bonds. The molecule has 0 spiro atoms. The smallest absolute Gasteiger partial charge is 0.337 e. The van der Waals surface area contributed by atoms with Crippen molar-refractivity contribution >= 4 is 64.0 Å². The second kappa shape index (κ2) is 6.15. The van der Waals surface area contributed by atoms with Crippen LogP contribution in [0.4, 0.5) is 5.69 Å². The van der Waals surface area contributed by atoms with Crippen LogP contribution in [0, 0.1) is 0 Å². The molecule has 2 aromatic rings. The minimum Gasteiger partial charge on any atom is -0.478 e. The van der Waals surface area contributed by atoms with Crippen LogP contribution in [-0.2, 0) is 0 Å². The molecule has 0 unspecified atom stereocenters. The van der Waals surface area contributed by atoms with Crippen molar-refractivity contribution in [3.05, 3.63) is 49.7 Å². The average molecular weight is 368 g/mol. The van der Waals surface area contributed by atoms with Crippen LogP contribution >= 0.6 is 46.4 Å². The molecule has 0 aliphatic carbocycles. The second-order valence-corrected chi connectivity index (χ2v) is 5.54. The summed E-state index contributed by atoms with van der Waals surface area (Å²) in [6, 6.07) is 3.81. The first-order chi connectivity index (χ1) is 9.79. The van der Waals surface area contributed by atoms with Crippen molar-refractivity contribution in [2.45, 2.75) is 0 Å². The van der Waals surface area contributed by atoms with Gasteiger partial charge in [-0.3, -0.25) is 4.79 Å². The minimum absolute atomic E-state index is 0.00278. The molecule has 0 bridgehead atoms. The summed E-state index contributed by atoms with van der Waals surface area (Å²) < 4.78 is 0. The summed E-state index contributed by atoms with van der Waals surface area (Å²) in [4.78, 5) is 25.8. The SMILES string of the molecule is O=C(Nc1c(Cl)cc(Cl)cc1C(=O)O)c1cc(Cl)c(Cl)[nH]1. The Morgan fingerprint density at radius 3 is 2.24 bits per heavy atom. The second-order valence-electron chi connectivity index (χ2n) is 3.91. The van der Waals surface area contributed by atoms with Crippen LogP contribution in [0.25, 0.3) is 0 Å². The first-order valence-corrected chi connectivity index (χ1v) is 6.88. The quantitative estimate of drug-likeness (QED) is 0.742. The lowest BCUT2D eigenvalue weighted by Gasteiger charge is -2.10. The molecule has 0 radical (unpaired) electrons. The third kappa shape index (κ3) is 3.44. The number of rotatable bonds is 3. The standard InChI is InChI=1S/C12H6Cl4N2O3/c13-4-1-5(12(20)21)9(6(14)2-4)18-11(19)8-3-7(15)10(16)17-8/h1-3,17H,(H,18,19)(H,20,21). The molecule has 0 saturated carbocycles. The number of carbonyl (C=O) groups excluding carboxylic acids is 1. The minimum atomic E-state index is -1.28. The van der Waals surface area contributed by atoms with Gasteiger partial charge >= 0.3 is 5.97 Å². The number of hydrogen-bond acceptors (Lipinski definition) is 2. The number of nitrogens with one attached hydrogen (secondary N) is 2. The van der Waals surface area contributed by atoms with Crippen LogP contribution in [0.15, 0.2) is 18.2 Å². The number of carbonyl (C=O) groups is 2. The van der Waals surface area contributed by atoms with Crippen LogP contribution in [0.2, 0.25) is 20.2 Å². The van der Waals surface area contributed by atoms with Gasteiger partial charge in [-0.2, -0.15) is 0 Å². The zero-order chi connectivity index (χ0) is 15.7. The van der Waals surface area contributed by atoms with E-state index in [-0.39, 0.29) is 37.2 Å². The van der Waals surface area contributed by atoms with E-state index in [0.29, 0.717) is 0 Å². The first kappa shape index (κ1) is 16.0. The van der Waals surface area contributed by atoms with E-state index in [0.717, 1.165) is 0 Å². The van der Waals surface area contributed by atoms with Crippen molar-refractivity contribution in [2.75, 3.05) is 5.32 Å². The van der Waals surface area contributed by atoms with E-state index in [1.165, 1.54) is 18.2 Å². The maximum absolute atomic E-state index is 12.0. The molecule has 1 heterocycles. The van der Waals surface area contributed by atoms with Crippen molar-refractivity contribution in [3.8, 4) is 0 Å². The molecule has 21 heavy (non-hydrogen) atoms. The summed E-state index contributed by atoms with van der Waals surface area (Å²) in [5.74, 6) is -1.92. The molecule has 9 heteroatoms. The van der Waals surface area contributed by atoms with E-state index in [1.807, 2.05) is 0 Å². The lowest BCUT2D eigenvalue weighted by Crippen LogP contribution is -2.15. The predicted octanol–water partition coefficient (Wildman–Crippen LogP) is 4.58. The average Bonchev–Trinajstić information content (AvgIpc) is 2.72. The van der Waals surface area contributed by atoms with Gasteiger partial charge < -0.3 is 15.4 Å². The predicted molar refractivity (Wildman–Crippen MR) is 82.2 cm³/mol. The third-order valence-corrected chi connectivity index (χ3v) is 3.70. The molecular formula is C12H6Cl4N2O3. The molecular weight excluding hydrogens is 362 g/mol. The number of H-pyrrole nitrogens is 1. The first-order valence-electron chi connectivity index (χ1n) is 5.37. The molecule has 1 aromatic heterocycles. The lowest BCUT2D eigenvalue weighted by atomic mass is 10.1.